The fraction of sp³-hybridized carbons (Fsp3) is 0.909. The zero-order chi connectivity index (χ0) is 9.90. The Hall–Kier alpha value is -0.370. The number of hydrogen-bond donors (Lipinski definition) is 0. The van der Waals surface area contributed by atoms with Crippen LogP contribution in [0.1, 0.15) is 46.0 Å². The SMILES string of the molecule is CCC(CC)(OC)C(=O)CC1CC1. The van der Waals surface area contributed by atoms with Gasteiger partial charge in [-0.05, 0) is 31.6 Å². The second kappa shape index (κ2) is 4.23. The van der Waals surface area contributed by atoms with Crippen LogP contribution in [-0.4, -0.2) is 18.5 Å². The van der Waals surface area contributed by atoms with Crippen LogP contribution in [-0.2, 0) is 9.53 Å². The molecule has 2 nitrogen and oxygen atoms in total. The average Bonchev–Trinajstić information content (AvgIpc) is 2.92. The summed E-state index contributed by atoms with van der Waals surface area (Å²) in [6.45, 7) is 4.05. The molecule has 1 rings (SSSR count). The molecule has 0 aromatic rings. The van der Waals surface area contributed by atoms with E-state index in [1.165, 1.54) is 12.8 Å². The molecule has 0 bridgehead atoms. The summed E-state index contributed by atoms with van der Waals surface area (Å²) in [5, 5.41) is 0. The van der Waals surface area contributed by atoms with Crippen LogP contribution < -0.4 is 0 Å². The summed E-state index contributed by atoms with van der Waals surface area (Å²) in [5.74, 6) is 0.975. The standard InChI is InChI=1S/C11H20O2/c1-4-11(5-2,13-3)10(12)8-9-6-7-9/h9H,4-8H2,1-3H3. The lowest BCUT2D eigenvalue weighted by Crippen LogP contribution is -2.39. The van der Waals surface area contributed by atoms with Crippen molar-refractivity contribution in [1.29, 1.82) is 0 Å². The van der Waals surface area contributed by atoms with E-state index in [9.17, 15) is 4.79 Å². The molecule has 1 fully saturated rings. The van der Waals surface area contributed by atoms with Crippen molar-refractivity contribution < 1.29 is 9.53 Å². The number of rotatable bonds is 6. The largest absolute Gasteiger partial charge is 0.370 e. The van der Waals surface area contributed by atoms with Gasteiger partial charge in [0.15, 0.2) is 5.78 Å². The first-order valence-electron chi connectivity index (χ1n) is 5.27. The summed E-state index contributed by atoms with van der Waals surface area (Å²) in [7, 11) is 1.65. The van der Waals surface area contributed by atoms with Gasteiger partial charge in [-0.3, -0.25) is 4.79 Å². The predicted molar refractivity (Wildman–Crippen MR) is 52.7 cm³/mol. The summed E-state index contributed by atoms with van der Waals surface area (Å²) >= 11 is 0. The smallest absolute Gasteiger partial charge is 0.164 e. The topological polar surface area (TPSA) is 26.3 Å². The maximum absolute atomic E-state index is 11.9. The van der Waals surface area contributed by atoms with Gasteiger partial charge in [-0.25, -0.2) is 0 Å². The van der Waals surface area contributed by atoms with E-state index < -0.39 is 5.60 Å². The highest BCUT2D eigenvalue weighted by atomic mass is 16.5. The quantitative estimate of drug-likeness (QED) is 0.634. The number of ketones is 1. The zero-order valence-electron chi connectivity index (χ0n) is 8.93. The number of Topliss-reactive ketones (excluding diaryl/α,β-unsaturated/α-hetero) is 1. The lowest BCUT2D eigenvalue weighted by Gasteiger charge is -2.28. The van der Waals surface area contributed by atoms with Crippen LogP contribution in [0.4, 0.5) is 0 Å². The fourth-order valence-electron chi connectivity index (χ4n) is 1.82. The van der Waals surface area contributed by atoms with E-state index >= 15 is 0 Å². The third-order valence-electron chi connectivity index (χ3n) is 3.21. The Kier molecular flexibility index (Phi) is 3.48. The molecule has 1 aliphatic carbocycles. The zero-order valence-corrected chi connectivity index (χ0v) is 8.93. The van der Waals surface area contributed by atoms with Crippen LogP contribution in [0.3, 0.4) is 0 Å². The van der Waals surface area contributed by atoms with E-state index in [2.05, 4.69) is 0 Å². The molecule has 76 valence electrons. The van der Waals surface area contributed by atoms with Crippen molar-refractivity contribution in [3.63, 3.8) is 0 Å². The lowest BCUT2D eigenvalue weighted by molar-refractivity contribution is -0.142. The highest BCUT2D eigenvalue weighted by Gasteiger charge is 2.37. The number of ether oxygens (including phenoxy) is 1. The Bertz CT molecular complexity index is 170. The van der Waals surface area contributed by atoms with Crippen LogP contribution in [0.25, 0.3) is 0 Å². The van der Waals surface area contributed by atoms with Crippen LogP contribution in [0.2, 0.25) is 0 Å². The maximum atomic E-state index is 11.9. The molecule has 0 aliphatic heterocycles. The second-order valence-corrected chi connectivity index (χ2v) is 3.98. The molecule has 0 aromatic heterocycles. The van der Waals surface area contributed by atoms with Gasteiger partial charge in [-0.15, -0.1) is 0 Å². The molecule has 0 aromatic carbocycles. The first-order chi connectivity index (χ1) is 6.18. The number of carbonyl (C=O) groups excluding carboxylic acids is 1. The first kappa shape index (κ1) is 10.7. The molecule has 0 heterocycles. The molecule has 0 spiro atoms. The molecule has 0 saturated heterocycles. The van der Waals surface area contributed by atoms with Gasteiger partial charge in [0.2, 0.25) is 0 Å². The predicted octanol–water partition coefficient (Wildman–Crippen LogP) is 2.56. The molecular weight excluding hydrogens is 164 g/mol. The van der Waals surface area contributed by atoms with Crippen molar-refractivity contribution in [1.82, 2.24) is 0 Å². The molecule has 0 N–H and O–H groups in total. The normalized spacial score (nSPS) is 17.5. The number of carbonyl (C=O) groups is 1. The summed E-state index contributed by atoms with van der Waals surface area (Å²) in [6.07, 6.45) is 4.80. The Morgan fingerprint density at radius 2 is 1.92 bits per heavy atom. The molecule has 0 radical (unpaired) electrons. The third-order valence-corrected chi connectivity index (χ3v) is 3.21. The van der Waals surface area contributed by atoms with E-state index in [0.29, 0.717) is 11.7 Å². The van der Waals surface area contributed by atoms with Crippen molar-refractivity contribution in [2.24, 2.45) is 5.92 Å². The fourth-order valence-corrected chi connectivity index (χ4v) is 1.82. The van der Waals surface area contributed by atoms with Gasteiger partial charge < -0.3 is 4.74 Å². The van der Waals surface area contributed by atoms with Gasteiger partial charge in [-0.2, -0.15) is 0 Å². The Labute approximate surface area is 80.7 Å². The van der Waals surface area contributed by atoms with Crippen molar-refractivity contribution in [3.05, 3.63) is 0 Å². The van der Waals surface area contributed by atoms with E-state index in [1.807, 2.05) is 13.8 Å². The van der Waals surface area contributed by atoms with Gasteiger partial charge in [0.05, 0.1) is 0 Å². The lowest BCUT2D eigenvalue weighted by atomic mass is 9.89. The highest BCUT2D eigenvalue weighted by Crippen LogP contribution is 2.35. The van der Waals surface area contributed by atoms with E-state index in [-0.39, 0.29) is 0 Å². The summed E-state index contributed by atoms with van der Waals surface area (Å²) in [6, 6.07) is 0. The Balaban J connectivity index is 2.55. The van der Waals surface area contributed by atoms with Crippen LogP contribution in [0.15, 0.2) is 0 Å². The van der Waals surface area contributed by atoms with Gasteiger partial charge in [0.25, 0.3) is 0 Å². The summed E-state index contributed by atoms with van der Waals surface area (Å²) in [4.78, 5) is 11.9. The summed E-state index contributed by atoms with van der Waals surface area (Å²) in [5.41, 5.74) is -0.484. The van der Waals surface area contributed by atoms with Crippen LogP contribution >= 0.6 is 0 Å². The van der Waals surface area contributed by atoms with Crippen LogP contribution in [0, 0.1) is 5.92 Å². The van der Waals surface area contributed by atoms with E-state index in [4.69, 9.17) is 4.74 Å². The molecule has 0 unspecified atom stereocenters. The van der Waals surface area contributed by atoms with Crippen molar-refractivity contribution in [2.45, 2.75) is 51.6 Å². The molecule has 13 heavy (non-hydrogen) atoms. The third kappa shape index (κ3) is 2.31. The first-order valence-corrected chi connectivity index (χ1v) is 5.27. The van der Waals surface area contributed by atoms with Crippen molar-refractivity contribution in [2.75, 3.05) is 7.11 Å². The molecule has 1 saturated carbocycles. The summed E-state index contributed by atoms with van der Waals surface area (Å²) < 4.78 is 5.38. The molecule has 1 aliphatic rings. The Morgan fingerprint density at radius 3 is 2.23 bits per heavy atom. The number of methoxy groups -OCH3 is 1. The molecule has 0 atom stereocenters. The van der Waals surface area contributed by atoms with Gasteiger partial charge >= 0.3 is 0 Å². The van der Waals surface area contributed by atoms with Gasteiger partial charge in [0, 0.05) is 13.5 Å². The van der Waals surface area contributed by atoms with Gasteiger partial charge in [0.1, 0.15) is 5.60 Å². The van der Waals surface area contributed by atoms with Gasteiger partial charge in [-0.1, -0.05) is 13.8 Å². The minimum Gasteiger partial charge on any atom is -0.370 e. The minimum atomic E-state index is -0.484. The van der Waals surface area contributed by atoms with E-state index in [1.54, 1.807) is 7.11 Å². The molecule has 0 amide bonds. The Morgan fingerprint density at radius 1 is 1.38 bits per heavy atom. The van der Waals surface area contributed by atoms with Crippen molar-refractivity contribution in [3.8, 4) is 0 Å². The number of hydrogen-bond acceptors (Lipinski definition) is 2. The maximum Gasteiger partial charge on any atom is 0.164 e. The highest BCUT2D eigenvalue weighted by molar-refractivity contribution is 5.87. The van der Waals surface area contributed by atoms with Crippen molar-refractivity contribution >= 4 is 5.78 Å². The van der Waals surface area contributed by atoms with E-state index in [0.717, 1.165) is 19.3 Å². The monoisotopic (exact) mass is 184 g/mol. The average molecular weight is 184 g/mol. The van der Waals surface area contributed by atoms with Crippen LogP contribution in [0.5, 0.6) is 0 Å². The molecular formula is C11H20O2. The molecule has 2 heteroatoms. The minimum absolute atomic E-state index is 0.308. The second-order valence-electron chi connectivity index (χ2n) is 3.98.